The van der Waals surface area contributed by atoms with Crippen molar-refractivity contribution in [3.8, 4) is 0 Å². The van der Waals surface area contributed by atoms with Gasteiger partial charge in [-0.3, -0.25) is 0 Å². The molecule has 0 saturated carbocycles. The van der Waals surface area contributed by atoms with E-state index in [0.29, 0.717) is 12.1 Å². The van der Waals surface area contributed by atoms with Crippen molar-refractivity contribution < 1.29 is 18.1 Å². The Morgan fingerprint density at radius 2 is 1.93 bits per heavy atom. The monoisotopic (exact) mass is 208 g/mol. The van der Waals surface area contributed by atoms with Gasteiger partial charge in [0.2, 0.25) is 0 Å². The van der Waals surface area contributed by atoms with E-state index in [1.807, 2.05) is 0 Å². The van der Waals surface area contributed by atoms with E-state index in [9.17, 15) is 28.1 Å². The Labute approximate surface area is 74.3 Å². The Morgan fingerprint density at radius 1 is 1.36 bits per heavy atom. The van der Waals surface area contributed by atoms with Crippen LogP contribution in [0.2, 0.25) is 0 Å². The van der Waals surface area contributed by atoms with Crippen molar-refractivity contribution in [3.05, 3.63) is 38.2 Å². The number of nitrogens with zero attached hydrogens (tertiary/aromatic N) is 1. The largest absolute Gasteiger partial charge is 0.423 e. The zero-order valence-electron chi connectivity index (χ0n) is 6.46. The number of rotatable bonds is 1. The van der Waals surface area contributed by atoms with Gasteiger partial charge in [0.05, 0.1) is 0 Å². The molecule has 0 saturated heterocycles. The third kappa shape index (κ3) is 1.90. The SMILES string of the molecule is O=c1[nH]c([N+](=O)[O-])ccc1C(F)(F)F. The van der Waals surface area contributed by atoms with Crippen LogP contribution in [0, 0.1) is 10.1 Å². The summed E-state index contributed by atoms with van der Waals surface area (Å²) >= 11 is 0. The first-order chi connectivity index (χ1) is 6.32. The summed E-state index contributed by atoms with van der Waals surface area (Å²) in [6, 6.07) is 0.960. The van der Waals surface area contributed by atoms with Gasteiger partial charge in [-0.2, -0.15) is 13.2 Å². The number of hydrogen-bond donors (Lipinski definition) is 1. The van der Waals surface area contributed by atoms with Crippen LogP contribution in [0.4, 0.5) is 19.0 Å². The summed E-state index contributed by atoms with van der Waals surface area (Å²) in [6.45, 7) is 0. The Bertz CT molecular complexity index is 423. The molecule has 8 heteroatoms. The molecule has 0 unspecified atom stereocenters. The molecule has 76 valence electrons. The van der Waals surface area contributed by atoms with Crippen LogP contribution >= 0.6 is 0 Å². The van der Waals surface area contributed by atoms with Crippen molar-refractivity contribution in [3.63, 3.8) is 0 Å². The number of pyridine rings is 1. The first-order valence-corrected chi connectivity index (χ1v) is 3.27. The van der Waals surface area contributed by atoms with Crippen LogP contribution < -0.4 is 5.56 Å². The fourth-order valence-electron chi connectivity index (χ4n) is 0.793. The average Bonchev–Trinajstić information content (AvgIpc) is 2.01. The maximum absolute atomic E-state index is 12.0. The minimum atomic E-state index is -4.80. The van der Waals surface area contributed by atoms with E-state index in [1.165, 1.54) is 4.98 Å². The zero-order valence-corrected chi connectivity index (χ0v) is 6.46. The fourth-order valence-corrected chi connectivity index (χ4v) is 0.793. The molecule has 0 amide bonds. The Kier molecular flexibility index (Phi) is 2.28. The van der Waals surface area contributed by atoms with E-state index in [1.54, 1.807) is 0 Å². The van der Waals surface area contributed by atoms with Crippen LogP contribution in [-0.2, 0) is 6.18 Å². The number of nitro groups is 1. The molecule has 1 N–H and O–H groups in total. The van der Waals surface area contributed by atoms with Crippen molar-refractivity contribution in [2.75, 3.05) is 0 Å². The highest BCUT2D eigenvalue weighted by molar-refractivity contribution is 5.24. The molecule has 1 rings (SSSR count). The van der Waals surface area contributed by atoms with Crippen molar-refractivity contribution in [2.45, 2.75) is 6.18 Å². The zero-order chi connectivity index (χ0) is 10.9. The molecular weight excluding hydrogens is 205 g/mol. The van der Waals surface area contributed by atoms with E-state index >= 15 is 0 Å². The molecule has 1 aromatic rings. The first-order valence-electron chi connectivity index (χ1n) is 3.27. The molecule has 0 aliphatic rings. The second-order valence-corrected chi connectivity index (χ2v) is 2.34. The lowest BCUT2D eigenvalue weighted by molar-refractivity contribution is -0.389. The van der Waals surface area contributed by atoms with E-state index < -0.39 is 28.0 Å². The third-order valence-corrected chi connectivity index (χ3v) is 1.40. The normalized spacial score (nSPS) is 11.4. The second-order valence-electron chi connectivity index (χ2n) is 2.34. The van der Waals surface area contributed by atoms with Gasteiger partial charge in [-0.05, 0) is 11.0 Å². The number of aromatic amines is 1. The van der Waals surface area contributed by atoms with Crippen LogP contribution in [0.1, 0.15) is 5.56 Å². The summed E-state index contributed by atoms with van der Waals surface area (Å²) in [5, 5.41) is 10.1. The highest BCUT2D eigenvalue weighted by Crippen LogP contribution is 2.26. The minimum absolute atomic E-state index is 0.372. The number of aromatic nitrogens is 1. The van der Waals surface area contributed by atoms with Crippen molar-refractivity contribution >= 4 is 5.82 Å². The molecule has 0 bridgehead atoms. The smallest absolute Gasteiger partial charge is 0.358 e. The molecule has 0 aromatic carbocycles. The predicted octanol–water partition coefficient (Wildman–Crippen LogP) is 1.30. The lowest BCUT2D eigenvalue weighted by Gasteiger charge is -2.02. The quantitative estimate of drug-likeness (QED) is 0.558. The molecule has 5 nitrogen and oxygen atoms in total. The van der Waals surface area contributed by atoms with Gasteiger partial charge in [0.1, 0.15) is 5.56 Å². The van der Waals surface area contributed by atoms with E-state index in [-0.39, 0.29) is 0 Å². The highest BCUT2D eigenvalue weighted by Gasteiger charge is 2.35. The van der Waals surface area contributed by atoms with Gasteiger partial charge in [-0.1, -0.05) is 0 Å². The molecule has 0 aliphatic carbocycles. The molecule has 0 atom stereocenters. The van der Waals surface area contributed by atoms with Crippen LogP contribution in [0.25, 0.3) is 0 Å². The van der Waals surface area contributed by atoms with E-state index in [0.717, 1.165) is 0 Å². The molecule has 0 spiro atoms. The minimum Gasteiger partial charge on any atom is -0.358 e. The summed E-state index contributed by atoms with van der Waals surface area (Å²) in [6.07, 6.45) is -4.80. The molecule has 1 aromatic heterocycles. The Morgan fingerprint density at radius 3 is 2.29 bits per heavy atom. The van der Waals surface area contributed by atoms with Gasteiger partial charge in [-0.15, -0.1) is 0 Å². The first kappa shape index (κ1) is 10.2. The topological polar surface area (TPSA) is 76.0 Å². The Balaban J connectivity index is 3.29. The maximum atomic E-state index is 12.0. The maximum Gasteiger partial charge on any atom is 0.423 e. The summed E-state index contributed by atoms with van der Waals surface area (Å²) in [5.74, 6) is -0.775. The van der Waals surface area contributed by atoms with Gasteiger partial charge in [0, 0.05) is 6.07 Å². The van der Waals surface area contributed by atoms with Crippen molar-refractivity contribution in [1.82, 2.24) is 4.98 Å². The number of H-pyrrole nitrogens is 1. The van der Waals surface area contributed by atoms with Crippen molar-refractivity contribution in [1.29, 1.82) is 0 Å². The summed E-state index contributed by atoms with van der Waals surface area (Å²) in [7, 11) is 0. The number of halogens is 3. The summed E-state index contributed by atoms with van der Waals surface area (Å²) in [4.78, 5) is 21.3. The molecule has 1 heterocycles. The average molecular weight is 208 g/mol. The van der Waals surface area contributed by atoms with Crippen LogP contribution in [0.15, 0.2) is 16.9 Å². The summed E-state index contributed by atoms with van der Waals surface area (Å²) in [5.41, 5.74) is -2.98. The van der Waals surface area contributed by atoms with Crippen LogP contribution in [0.5, 0.6) is 0 Å². The number of alkyl halides is 3. The van der Waals surface area contributed by atoms with E-state index in [4.69, 9.17) is 0 Å². The lowest BCUT2D eigenvalue weighted by Crippen LogP contribution is -2.21. The van der Waals surface area contributed by atoms with Gasteiger partial charge >= 0.3 is 17.6 Å². The predicted molar refractivity (Wildman–Crippen MR) is 38.7 cm³/mol. The molecule has 0 radical (unpaired) electrons. The van der Waals surface area contributed by atoms with Crippen LogP contribution in [-0.4, -0.2) is 9.91 Å². The lowest BCUT2D eigenvalue weighted by atomic mass is 10.3. The fraction of sp³-hybridized carbons (Fsp3) is 0.167. The van der Waals surface area contributed by atoms with Gasteiger partial charge in [0.15, 0.2) is 0 Å². The van der Waals surface area contributed by atoms with Gasteiger partial charge in [0.25, 0.3) is 0 Å². The highest BCUT2D eigenvalue weighted by atomic mass is 19.4. The van der Waals surface area contributed by atoms with Gasteiger partial charge in [-0.25, -0.2) is 9.78 Å². The second kappa shape index (κ2) is 3.13. The molecule has 0 fully saturated rings. The molecule has 14 heavy (non-hydrogen) atoms. The van der Waals surface area contributed by atoms with Gasteiger partial charge < -0.3 is 10.1 Å². The third-order valence-electron chi connectivity index (χ3n) is 1.40. The number of hydrogen-bond acceptors (Lipinski definition) is 3. The molecular formula is C6H3F3N2O3. The van der Waals surface area contributed by atoms with Crippen LogP contribution in [0.3, 0.4) is 0 Å². The summed E-state index contributed by atoms with van der Waals surface area (Å²) < 4.78 is 36.0. The molecule has 0 aliphatic heterocycles. The Hall–Kier alpha value is -1.86. The standard InChI is InChI=1S/C6H3F3N2O3/c7-6(8,9)3-1-2-4(11(13)14)10-5(3)12/h1-2H,(H,10,12). The van der Waals surface area contributed by atoms with Crippen molar-refractivity contribution in [2.24, 2.45) is 0 Å². The van der Waals surface area contributed by atoms with E-state index in [2.05, 4.69) is 0 Å². The number of nitrogens with one attached hydrogen (secondary N) is 1.